The molecule has 0 unspecified atom stereocenters. The molecule has 0 saturated heterocycles. The number of rotatable bonds is 6. The van der Waals surface area contributed by atoms with E-state index in [4.69, 9.17) is 0 Å². The smallest absolute Gasteiger partial charge is 0.241 e. The lowest BCUT2D eigenvalue weighted by Crippen LogP contribution is -2.40. The van der Waals surface area contributed by atoms with Crippen LogP contribution < -0.4 is 15.4 Å². The van der Waals surface area contributed by atoms with E-state index in [9.17, 15) is 8.42 Å². The number of nitrogens with zero attached hydrogens (tertiary/aromatic N) is 4. The van der Waals surface area contributed by atoms with Crippen LogP contribution in [0.3, 0.4) is 0 Å². The van der Waals surface area contributed by atoms with Gasteiger partial charge in [0.1, 0.15) is 5.82 Å². The number of benzene rings is 1. The molecule has 3 N–H and O–H groups in total. The van der Waals surface area contributed by atoms with Gasteiger partial charge in [-0.25, -0.2) is 18.1 Å². The second-order valence-corrected chi connectivity index (χ2v) is 11.6. The molecule has 3 aromatic rings. The fourth-order valence-corrected chi connectivity index (χ4v) is 4.35. The predicted molar refractivity (Wildman–Crippen MR) is 131 cm³/mol. The highest BCUT2D eigenvalue weighted by atomic mass is 32.2. The van der Waals surface area contributed by atoms with Gasteiger partial charge in [0.15, 0.2) is 5.82 Å². The number of anilines is 4. The number of nitrogens with one attached hydrogen (secondary N) is 3. The Hall–Kier alpha value is -3.11. The molecule has 0 aliphatic heterocycles. The molecular weight excluding hydrogens is 438 g/mol. The van der Waals surface area contributed by atoms with Crippen molar-refractivity contribution in [2.24, 2.45) is 0 Å². The van der Waals surface area contributed by atoms with Crippen LogP contribution in [0.2, 0.25) is 0 Å². The van der Waals surface area contributed by atoms with E-state index in [0.717, 1.165) is 11.3 Å². The van der Waals surface area contributed by atoms with E-state index in [2.05, 4.69) is 56.3 Å². The third kappa shape index (κ3) is 6.69. The summed E-state index contributed by atoms with van der Waals surface area (Å²) in [6.07, 6.45) is 1.68. The maximum atomic E-state index is 12.7. The van der Waals surface area contributed by atoms with Crippen LogP contribution in [0.25, 0.3) is 0 Å². The first-order valence-electron chi connectivity index (χ1n) is 10.6. The lowest BCUT2D eigenvalue weighted by Gasteiger charge is -2.20. The number of hydrogen-bond acceptors (Lipinski definition) is 8. The average Bonchev–Trinajstić information content (AvgIpc) is 2.69. The third-order valence-electron chi connectivity index (χ3n) is 4.49. The molecule has 0 aliphatic rings. The van der Waals surface area contributed by atoms with Crippen molar-refractivity contribution in [1.29, 1.82) is 0 Å². The van der Waals surface area contributed by atoms with E-state index in [0.29, 0.717) is 23.3 Å². The summed E-state index contributed by atoms with van der Waals surface area (Å²) < 4.78 is 28.0. The van der Waals surface area contributed by atoms with Crippen molar-refractivity contribution < 1.29 is 8.42 Å². The van der Waals surface area contributed by atoms with Gasteiger partial charge in [0.25, 0.3) is 0 Å². The molecule has 0 radical (unpaired) electrons. The SMILES string of the molecule is Cc1cnc(Nc2ccc(C(C)(C)C)nn2)nc1Nc1cccc(S(=O)(=O)NC(C)(C)C)c1. The van der Waals surface area contributed by atoms with Crippen molar-refractivity contribution in [3.8, 4) is 0 Å². The van der Waals surface area contributed by atoms with Crippen molar-refractivity contribution in [1.82, 2.24) is 24.9 Å². The minimum Gasteiger partial charge on any atom is -0.340 e. The molecule has 0 atom stereocenters. The van der Waals surface area contributed by atoms with Crippen molar-refractivity contribution >= 4 is 33.3 Å². The molecule has 0 amide bonds. The molecular formula is C23H31N7O2S. The summed E-state index contributed by atoms with van der Waals surface area (Å²) in [5.41, 5.74) is 1.61. The van der Waals surface area contributed by atoms with Gasteiger partial charge < -0.3 is 10.6 Å². The maximum absolute atomic E-state index is 12.7. The molecule has 2 heterocycles. The Labute approximate surface area is 195 Å². The molecule has 10 heteroatoms. The molecule has 0 fully saturated rings. The lowest BCUT2D eigenvalue weighted by molar-refractivity contribution is 0.491. The number of aryl methyl sites for hydroxylation is 1. The van der Waals surface area contributed by atoms with E-state index in [1.54, 1.807) is 51.2 Å². The summed E-state index contributed by atoms with van der Waals surface area (Å²) in [4.78, 5) is 9.00. The quantitative estimate of drug-likeness (QED) is 0.484. The Balaban J connectivity index is 1.81. The van der Waals surface area contributed by atoms with Crippen molar-refractivity contribution in [2.45, 2.75) is 64.3 Å². The largest absolute Gasteiger partial charge is 0.340 e. The average molecular weight is 470 g/mol. The highest BCUT2D eigenvalue weighted by Crippen LogP contribution is 2.24. The molecule has 0 saturated carbocycles. The molecule has 33 heavy (non-hydrogen) atoms. The standard InChI is InChI=1S/C23H31N7O2S/c1-15-14-24-21(26-19-12-11-18(28-29-19)22(2,3)4)27-20(15)25-16-9-8-10-17(13-16)33(31,32)30-23(5,6)7/h8-14,30H,1-7H3,(H2,24,25,26,27,29). The Morgan fingerprint density at radius 2 is 1.64 bits per heavy atom. The molecule has 0 aliphatic carbocycles. The van der Waals surface area contributed by atoms with Crippen LogP contribution in [0.4, 0.5) is 23.3 Å². The maximum Gasteiger partial charge on any atom is 0.241 e. The summed E-state index contributed by atoms with van der Waals surface area (Å²) in [5.74, 6) is 1.42. The predicted octanol–water partition coefficient (Wildman–Crippen LogP) is 4.44. The van der Waals surface area contributed by atoms with Crippen LogP contribution in [0, 0.1) is 6.92 Å². The zero-order chi connectivity index (χ0) is 24.4. The first kappa shape index (κ1) is 24.5. The fourth-order valence-electron chi connectivity index (χ4n) is 2.88. The van der Waals surface area contributed by atoms with Crippen LogP contribution >= 0.6 is 0 Å². The summed E-state index contributed by atoms with van der Waals surface area (Å²) in [5, 5.41) is 14.7. The van der Waals surface area contributed by atoms with Gasteiger partial charge in [-0.2, -0.15) is 10.1 Å². The number of sulfonamides is 1. The van der Waals surface area contributed by atoms with Gasteiger partial charge in [-0.05, 0) is 58.0 Å². The van der Waals surface area contributed by atoms with E-state index >= 15 is 0 Å². The molecule has 1 aromatic carbocycles. The molecule has 9 nitrogen and oxygen atoms in total. The van der Waals surface area contributed by atoms with E-state index in [-0.39, 0.29) is 10.3 Å². The number of aromatic nitrogens is 4. The lowest BCUT2D eigenvalue weighted by atomic mass is 9.92. The molecule has 3 rings (SSSR count). The van der Waals surface area contributed by atoms with Gasteiger partial charge in [-0.3, -0.25) is 0 Å². The van der Waals surface area contributed by atoms with Crippen LogP contribution in [0.15, 0.2) is 47.5 Å². The summed E-state index contributed by atoms with van der Waals surface area (Å²) >= 11 is 0. The van der Waals surface area contributed by atoms with E-state index < -0.39 is 15.6 Å². The highest BCUT2D eigenvalue weighted by molar-refractivity contribution is 7.89. The van der Waals surface area contributed by atoms with Crippen molar-refractivity contribution in [3.05, 3.63) is 53.9 Å². The Kier molecular flexibility index (Phi) is 6.71. The fraction of sp³-hybridized carbons (Fsp3) is 0.391. The third-order valence-corrected chi connectivity index (χ3v) is 6.25. The minimum absolute atomic E-state index is 0.0899. The summed E-state index contributed by atoms with van der Waals surface area (Å²) in [7, 11) is -3.66. The first-order chi connectivity index (χ1) is 15.2. The monoisotopic (exact) mass is 469 g/mol. The van der Waals surface area contributed by atoms with Crippen LogP contribution in [0.1, 0.15) is 52.8 Å². The summed E-state index contributed by atoms with van der Waals surface area (Å²) in [6.45, 7) is 13.5. The summed E-state index contributed by atoms with van der Waals surface area (Å²) in [6, 6.07) is 10.3. The van der Waals surface area contributed by atoms with Gasteiger partial charge in [0, 0.05) is 28.4 Å². The first-order valence-corrected chi connectivity index (χ1v) is 12.1. The molecule has 0 spiro atoms. The number of hydrogen-bond donors (Lipinski definition) is 3. The molecule has 2 aromatic heterocycles. The van der Waals surface area contributed by atoms with Gasteiger partial charge in [0.2, 0.25) is 16.0 Å². The zero-order valence-corrected chi connectivity index (χ0v) is 20.9. The normalized spacial score (nSPS) is 12.5. The van der Waals surface area contributed by atoms with E-state index in [1.807, 2.05) is 19.1 Å². The Morgan fingerprint density at radius 3 is 2.24 bits per heavy atom. The zero-order valence-electron chi connectivity index (χ0n) is 20.1. The van der Waals surface area contributed by atoms with Gasteiger partial charge >= 0.3 is 0 Å². The van der Waals surface area contributed by atoms with Gasteiger partial charge in [0.05, 0.1) is 10.6 Å². The second kappa shape index (κ2) is 9.03. The van der Waals surface area contributed by atoms with Crippen molar-refractivity contribution in [3.63, 3.8) is 0 Å². The van der Waals surface area contributed by atoms with Gasteiger partial charge in [-0.1, -0.05) is 26.8 Å². The van der Waals surface area contributed by atoms with Gasteiger partial charge in [-0.15, -0.1) is 5.10 Å². The minimum atomic E-state index is -3.66. The van der Waals surface area contributed by atoms with Crippen LogP contribution in [-0.2, 0) is 15.4 Å². The second-order valence-electron chi connectivity index (χ2n) is 9.91. The Bertz CT molecular complexity index is 1230. The van der Waals surface area contributed by atoms with Crippen molar-refractivity contribution in [2.75, 3.05) is 10.6 Å². The highest BCUT2D eigenvalue weighted by Gasteiger charge is 2.22. The molecule has 0 bridgehead atoms. The topological polar surface area (TPSA) is 122 Å². The van der Waals surface area contributed by atoms with Crippen LogP contribution in [0.5, 0.6) is 0 Å². The van der Waals surface area contributed by atoms with E-state index in [1.165, 1.54) is 0 Å². The molecule has 176 valence electrons. The Morgan fingerprint density at radius 1 is 0.909 bits per heavy atom. The van der Waals surface area contributed by atoms with Crippen LogP contribution in [-0.4, -0.2) is 34.1 Å².